The zero-order chi connectivity index (χ0) is 23.8. The molecule has 1 aliphatic carbocycles. The lowest BCUT2D eigenvalue weighted by molar-refractivity contribution is -0.122. The SMILES string of the molecule is CCN1C(=CC2=CC(=C3C(=O)N(c4ccccc4)N=C3C)CC(C(N)=O)C2)Sc2ccccc21. The van der Waals surface area contributed by atoms with Crippen LogP contribution in [-0.2, 0) is 9.59 Å². The van der Waals surface area contributed by atoms with Crippen molar-refractivity contribution in [1.29, 1.82) is 0 Å². The van der Waals surface area contributed by atoms with Gasteiger partial charge in [0.15, 0.2) is 0 Å². The zero-order valence-corrected chi connectivity index (χ0v) is 20.0. The van der Waals surface area contributed by atoms with Gasteiger partial charge in [-0.2, -0.15) is 10.1 Å². The second-order valence-corrected chi connectivity index (χ2v) is 9.62. The second kappa shape index (κ2) is 8.99. The number of hydrogen-bond acceptors (Lipinski definition) is 5. The summed E-state index contributed by atoms with van der Waals surface area (Å²) in [4.78, 5) is 29.1. The number of rotatable bonds is 4. The van der Waals surface area contributed by atoms with Gasteiger partial charge in [0, 0.05) is 17.4 Å². The predicted octanol–water partition coefficient (Wildman–Crippen LogP) is 5.00. The molecule has 2 aliphatic heterocycles. The number of thioether (sulfide) groups is 1. The lowest BCUT2D eigenvalue weighted by Gasteiger charge is -2.24. The molecule has 0 radical (unpaired) electrons. The van der Waals surface area contributed by atoms with Crippen molar-refractivity contribution < 1.29 is 9.59 Å². The third kappa shape index (κ3) is 3.96. The zero-order valence-electron chi connectivity index (χ0n) is 19.2. The van der Waals surface area contributed by atoms with Crippen LogP contribution in [0.3, 0.4) is 0 Å². The summed E-state index contributed by atoms with van der Waals surface area (Å²) in [5, 5.41) is 7.06. The highest BCUT2D eigenvalue weighted by atomic mass is 32.2. The Morgan fingerprint density at radius 1 is 1.15 bits per heavy atom. The van der Waals surface area contributed by atoms with Crippen molar-refractivity contribution >= 4 is 40.7 Å². The third-order valence-corrected chi connectivity index (χ3v) is 7.42. The molecule has 34 heavy (non-hydrogen) atoms. The molecule has 0 bridgehead atoms. The van der Waals surface area contributed by atoms with Gasteiger partial charge in [-0.3, -0.25) is 9.59 Å². The highest BCUT2D eigenvalue weighted by molar-refractivity contribution is 8.03. The van der Waals surface area contributed by atoms with Crippen LogP contribution in [-0.4, -0.2) is 24.1 Å². The fourth-order valence-corrected chi connectivity index (χ4v) is 5.91. The van der Waals surface area contributed by atoms with Crippen molar-refractivity contribution in [3.05, 3.63) is 88.5 Å². The molecule has 7 heteroatoms. The normalized spacial score (nSPS) is 23.3. The number of nitrogens with zero attached hydrogens (tertiary/aromatic N) is 3. The van der Waals surface area contributed by atoms with Crippen LogP contribution in [0.2, 0.25) is 0 Å². The van der Waals surface area contributed by atoms with Crippen LogP contribution in [0, 0.1) is 5.92 Å². The number of hydrazone groups is 1. The Bertz CT molecular complexity index is 1290. The Balaban J connectivity index is 1.54. The summed E-state index contributed by atoms with van der Waals surface area (Å²) in [5.41, 5.74) is 10.7. The second-order valence-electron chi connectivity index (χ2n) is 8.56. The number of fused-ring (bicyclic) bond motifs is 1. The minimum atomic E-state index is -0.366. The first-order chi connectivity index (χ1) is 16.5. The Morgan fingerprint density at radius 3 is 2.62 bits per heavy atom. The van der Waals surface area contributed by atoms with E-state index in [-0.39, 0.29) is 17.7 Å². The molecule has 0 saturated carbocycles. The lowest BCUT2D eigenvalue weighted by atomic mass is 9.82. The average molecular weight is 471 g/mol. The van der Waals surface area contributed by atoms with Gasteiger partial charge in [-0.1, -0.05) is 48.2 Å². The molecule has 2 heterocycles. The molecule has 0 spiro atoms. The average Bonchev–Trinajstić information content (AvgIpc) is 3.34. The molecule has 5 rings (SSSR count). The van der Waals surface area contributed by atoms with Gasteiger partial charge in [-0.15, -0.1) is 0 Å². The number of nitrogens with two attached hydrogens (primary N) is 1. The van der Waals surface area contributed by atoms with Crippen LogP contribution >= 0.6 is 11.8 Å². The molecule has 2 aromatic carbocycles. The first-order valence-electron chi connectivity index (χ1n) is 11.4. The summed E-state index contributed by atoms with van der Waals surface area (Å²) in [6.07, 6.45) is 5.16. The van der Waals surface area contributed by atoms with E-state index in [1.54, 1.807) is 11.8 Å². The molecular weight excluding hydrogens is 444 g/mol. The number of allylic oxidation sites excluding steroid dienone is 4. The molecular formula is C27H26N4O2S. The molecule has 6 nitrogen and oxygen atoms in total. The maximum Gasteiger partial charge on any atom is 0.280 e. The number of carbonyl (C=O) groups is 2. The molecule has 1 unspecified atom stereocenters. The largest absolute Gasteiger partial charge is 0.369 e. The number of para-hydroxylation sites is 2. The molecule has 3 aliphatic rings. The number of primary amides is 1. The summed E-state index contributed by atoms with van der Waals surface area (Å²) < 4.78 is 0. The molecule has 0 aromatic heterocycles. The van der Waals surface area contributed by atoms with Crippen molar-refractivity contribution in [2.24, 2.45) is 16.8 Å². The quantitative estimate of drug-likeness (QED) is 0.638. The van der Waals surface area contributed by atoms with Crippen LogP contribution in [0.15, 0.2) is 98.5 Å². The molecule has 172 valence electrons. The first kappa shape index (κ1) is 22.2. The predicted molar refractivity (Wildman–Crippen MR) is 137 cm³/mol. The van der Waals surface area contributed by atoms with Gasteiger partial charge in [-0.05, 0) is 68.2 Å². The summed E-state index contributed by atoms with van der Waals surface area (Å²) in [7, 11) is 0. The minimum absolute atomic E-state index is 0.176. The molecule has 2 amide bonds. The molecule has 2 N–H and O–H groups in total. The summed E-state index contributed by atoms with van der Waals surface area (Å²) in [6, 6.07) is 17.7. The van der Waals surface area contributed by atoms with Gasteiger partial charge >= 0.3 is 0 Å². The Labute approximate surface area is 203 Å². The molecule has 0 saturated heterocycles. The van der Waals surface area contributed by atoms with Crippen LogP contribution in [0.4, 0.5) is 11.4 Å². The maximum atomic E-state index is 13.4. The highest BCUT2D eigenvalue weighted by Crippen LogP contribution is 2.46. The van der Waals surface area contributed by atoms with Crippen molar-refractivity contribution in [3.8, 4) is 0 Å². The van der Waals surface area contributed by atoms with E-state index >= 15 is 0 Å². The smallest absolute Gasteiger partial charge is 0.280 e. The van der Waals surface area contributed by atoms with Gasteiger partial charge in [0.1, 0.15) is 0 Å². The lowest BCUT2D eigenvalue weighted by Crippen LogP contribution is -2.28. The van der Waals surface area contributed by atoms with E-state index in [0.29, 0.717) is 24.1 Å². The number of amides is 2. The van der Waals surface area contributed by atoms with Gasteiger partial charge < -0.3 is 10.6 Å². The topological polar surface area (TPSA) is 79.0 Å². The van der Waals surface area contributed by atoms with Crippen LogP contribution in [0.1, 0.15) is 26.7 Å². The van der Waals surface area contributed by atoms with Crippen LogP contribution < -0.4 is 15.6 Å². The van der Waals surface area contributed by atoms with Gasteiger partial charge in [0.25, 0.3) is 5.91 Å². The number of carbonyl (C=O) groups excluding carboxylic acids is 2. The van der Waals surface area contributed by atoms with E-state index < -0.39 is 0 Å². The Kier molecular flexibility index (Phi) is 5.87. The van der Waals surface area contributed by atoms with E-state index in [2.05, 4.69) is 35.1 Å². The fraction of sp³-hybridized carbons (Fsp3) is 0.222. The van der Waals surface area contributed by atoms with E-state index in [0.717, 1.165) is 28.4 Å². The van der Waals surface area contributed by atoms with E-state index in [9.17, 15) is 9.59 Å². The van der Waals surface area contributed by atoms with E-state index in [1.807, 2.05) is 55.5 Å². The fourth-order valence-electron chi connectivity index (χ4n) is 4.70. The maximum absolute atomic E-state index is 13.4. The van der Waals surface area contributed by atoms with Crippen LogP contribution in [0.25, 0.3) is 0 Å². The van der Waals surface area contributed by atoms with Crippen molar-refractivity contribution in [2.75, 3.05) is 16.5 Å². The number of benzene rings is 2. The Hall–Kier alpha value is -3.58. The van der Waals surface area contributed by atoms with Crippen molar-refractivity contribution in [2.45, 2.75) is 31.6 Å². The minimum Gasteiger partial charge on any atom is -0.369 e. The standard InChI is InChI=1S/C27H26N4O2S/c1-3-30-22-11-7-8-12-23(22)34-24(30)15-18-13-19(16-20(14-18)26(28)32)25-17(2)29-31(27(25)33)21-9-5-4-6-10-21/h4-13,15,20H,3,14,16H2,1-2H3,(H2,28,32). The number of hydrogen-bond donors (Lipinski definition) is 1. The van der Waals surface area contributed by atoms with Gasteiger partial charge in [-0.25, -0.2) is 0 Å². The third-order valence-electron chi connectivity index (χ3n) is 6.31. The molecule has 1 atom stereocenters. The number of anilines is 2. The van der Waals surface area contributed by atoms with Gasteiger partial charge in [0.05, 0.1) is 27.7 Å². The van der Waals surface area contributed by atoms with Crippen LogP contribution in [0.5, 0.6) is 0 Å². The summed E-state index contributed by atoms with van der Waals surface area (Å²) in [5.74, 6) is -0.892. The first-order valence-corrected chi connectivity index (χ1v) is 12.2. The summed E-state index contributed by atoms with van der Waals surface area (Å²) in [6.45, 7) is 4.80. The molecule has 0 fully saturated rings. The summed E-state index contributed by atoms with van der Waals surface area (Å²) >= 11 is 1.72. The van der Waals surface area contributed by atoms with E-state index in [1.165, 1.54) is 15.6 Å². The molecule has 2 aromatic rings. The Morgan fingerprint density at radius 2 is 1.88 bits per heavy atom. The van der Waals surface area contributed by atoms with Crippen molar-refractivity contribution in [3.63, 3.8) is 0 Å². The van der Waals surface area contributed by atoms with Gasteiger partial charge in [0.2, 0.25) is 5.91 Å². The highest BCUT2D eigenvalue weighted by Gasteiger charge is 2.34. The van der Waals surface area contributed by atoms with Crippen molar-refractivity contribution in [1.82, 2.24) is 0 Å². The monoisotopic (exact) mass is 470 g/mol. The van der Waals surface area contributed by atoms with E-state index in [4.69, 9.17) is 5.73 Å².